The number of rotatable bonds is 11. The molecule has 1 unspecified atom stereocenters. The van der Waals surface area contributed by atoms with Gasteiger partial charge in [0.15, 0.2) is 5.60 Å². The summed E-state index contributed by atoms with van der Waals surface area (Å²) in [6.07, 6.45) is 3.73. The van der Waals surface area contributed by atoms with Gasteiger partial charge in [0.05, 0.1) is 15.7 Å². The second kappa shape index (κ2) is 11.1. The molecule has 0 bridgehead atoms. The van der Waals surface area contributed by atoms with Crippen molar-refractivity contribution in [2.75, 3.05) is 12.3 Å². The molecule has 1 rings (SSSR count). The normalized spacial score (nSPS) is 14.8. The van der Waals surface area contributed by atoms with Crippen LogP contribution in [-0.2, 0) is 10.3 Å². The van der Waals surface area contributed by atoms with Gasteiger partial charge in [0, 0.05) is 6.61 Å². The largest absolute Gasteiger partial charge is 0.421 e. The van der Waals surface area contributed by atoms with Gasteiger partial charge in [-0.2, -0.15) is 13.2 Å². The van der Waals surface area contributed by atoms with Gasteiger partial charge in [-0.3, -0.25) is 0 Å². The molecule has 0 radical (unpaired) electrons. The quantitative estimate of drug-likeness (QED) is 0.267. The van der Waals surface area contributed by atoms with Crippen LogP contribution in [0.3, 0.4) is 0 Å². The van der Waals surface area contributed by atoms with Crippen molar-refractivity contribution in [3.63, 3.8) is 0 Å². The second-order valence-electron chi connectivity index (χ2n) is 9.02. The van der Waals surface area contributed by atoms with Crippen LogP contribution in [0.4, 0.5) is 18.9 Å². The van der Waals surface area contributed by atoms with Crippen LogP contribution in [0.25, 0.3) is 0 Å². The molecule has 0 saturated carbocycles. The Hall–Kier alpha value is -0.650. The minimum atomic E-state index is -4.61. The van der Waals surface area contributed by atoms with Gasteiger partial charge in [-0.25, -0.2) is 0 Å². The zero-order valence-corrected chi connectivity index (χ0v) is 19.4. The number of unbranched alkanes of at least 4 members (excludes halogenated alkanes) is 6. The van der Waals surface area contributed by atoms with Crippen LogP contribution in [0.2, 0.25) is 10.0 Å². The van der Waals surface area contributed by atoms with Crippen molar-refractivity contribution in [2.45, 2.75) is 90.8 Å². The fourth-order valence-electron chi connectivity index (χ4n) is 3.11. The van der Waals surface area contributed by atoms with Crippen LogP contribution in [0.1, 0.15) is 84.6 Å². The lowest BCUT2D eigenvalue weighted by molar-refractivity contribution is -0.278. The molecule has 1 atom stereocenters. The van der Waals surface area contributed by atoms with E-state index in [1.165, 1.54) is 37.8 Å². The molecule has 0 aliphatic carbocycles. The van der Waals surface area contributed by atoms with E-state index in [1.807, 2.05) is 0 Å². The summed E-state index contributed by atoms with van der Waals surface area (Å²) in [5.41, 5.74) is 3.44. The molecule has 0 heterocycles. The first kappa shape index (κ1) is 26.4. The lowest BCUT2D eigenvalue weighted by atomic mass is 9.89. The Morgan fingerprint density at radius 1 is 0.828 bits per heavy atom. The average molecular weight is 456 g/mol. The van der Waals surface area contributed by atoms with Crippen LogP contribution in [0.15, 0.2) is 12.1 Å². The summed E-state index contributed by atoms with van der Waals surface area (Å²) in [6.45, 7) is 7.75. The lowest BCUT2D eigenvalue weighted by Crippen LogP contribution is -2.42. The number of benzene rings is 1. The minimum absolute atomic E-state index is 0.0135. The third kappa shape index (κ3) is 8.55. The fourth-order valence-corrected chi connectivity index (χ4v) is 3.59. The molecular formula is C22H34Cl2F3NO. The average Bonchev–Trinajstić information content (AvgIpc) is 2.58. The third-order valence-electron chi connectivity index (χ3n) is 5.13. The number of nitrogen functional groups attached to an aromatic ring is 1. The van der Waals surface area contributed by atoms with E-state index in [2.05, 4.69) is 20.8 Å². The summed E-state index contributed by atoms with van der Waals surface area (Å²) in [5.74, 6) is 0. The molecule has 7 heteroatoms. The molecule has 0 fully saturated rings. The smallest absolute Gasteiger partial charge is 0.396 e. The van der Waals surface area contributed by atoms with Gasteiger partial charge < -0.3 is 10.5 Å². The first-order chi connectivity index (χ1) is 13.3. The molecule has 168 valence electrons. The van der Waals surface area contributed by atoms with Crippen molar-refractivity contribution in [3.8, 4) is 0 Å². The molecule has 0 aliphatic rings. The van der Waals surface area contributed by atoms with Crippen molar-refractivity contribution < 1.29 is 17.9 Å². The highest BCUT2D eigenvalue weighted by Crippen LogP contribution is 2.44. The Kier molecular flexibility index (Phi) is 10.1. The number of hydrogen-bond acceptors (Lipinski definition) is 2. The highest BCUT2D eigenvalue weighted by Gasteiger charge is 2.54. The third-order valence-corrected chi connectivity index (χ3v) is 5.76. The van der Waals surface area contributed by atoms with Gasteiger partial charge in [0.2, 0.25) is 0 Å². The van der Waals surface area contributed by atoms with Gasteiger partial charge in [-0.1, -0.05) is 82.5 Å². The van der Waals surface area contributed by atoms with E-state index in [-0.39, 0.29) is 27.9 Å². The highest BCUT2D eigenvalue weighted by atomic mass is 35.5. The van der Waals surface area contributed by atoms with Crippen molar-refractivity contribution >= 4 is 28.9 Å². The van der Waals surface area contributed by atoms with Crippen molar-refractivity contribution in [3.05, 3.63) is 27.7 Å². The van der Waals surface area contributed by atoms with Crippen LogP contribution < -0.4 is 5.73 Å². The molecule has 2 nitrogen and oxygen atoms in total. The molecule has 29 heavy (non-hydrogen) atoms. The van der Waals surface area contributed by atoms with Crippen LogP contribution in [-0.4, -0.2) is 12.8 Å². The SMILES string of the molecule is CC(C)(C)CCCCCCCCCOC(C)(c1cc(Cl)c(N)c(Cl)c1)C(F)(F)F. The number of hydrogen-bond donors (Lipinski definition) is 1. The summed E-state index contributed by atoms with van der Waals surface area (Å²) in [4.78, 5) is 0. The van der Waals surface area contributed by atoms with E-state index in [0.717, 1.165) is 26.2 Å². The molecule has 0 amide bonds. The van der Waals surface area contributed by atoms with Crippen LogP contribution >= 0.6 is 23.2 Å². The van der Waals surface area contributed by atoms with E-state index >= 15 is 0 Å². The summed E-state index contributed by atoms with van der Waals surface area (Å²) < 4.78 is 46.6. The molecule has 0 saturated heterocycles. The molecule has 0 aromatic heterocycles. The van der Waals surface area contributed by atoms with Gasteiger partial charge in [-0.15, -0.1) is 0 Å². The molecule has 1 aromatic rings. The Bertz CT molecular complexity index is 621. The standard InChI is InChI=1S/C22H34Cl2F3NO/c1-20(2,3)12-10-8-6-5-7-9-11-13-29-21(4,22(25,26)27)16-14-17(23)19(28)18(24)15-16/h14-15H,5-13,28H2,1-4H3. The first-order valence-electron chi connectivity index (χ1n) is 10.2. The number of halogens is 5. The van der Waals surface area contributed by atoms with Crippen LogP contribution in [0.5, 0.6) is 0 Å². The molecule has 2 N–H and O–H groups in total. The zero-order chi connectivity index (χ0) is 22.3. The van der Waals surface area contributed by atoms with E-state index < -0.39 is 11.8 Å². The number of ether oxygens (including phenoxy) is 1. The van der Waals surface area contributed by atoms with E-state index in [9.17, 15) is 13.2 Å². The van der Waals surface area contributed by atoms with E-state index in [0.29, 0.717) is 11.8 Å². The maximum atomic E-state index is 13.7. The highest BCUT2D eigenvalue weighted by molar-refractivity contribution is 6.38. The monoisotopic (exact) mass is 455 g/mol. The Balaban J connectivity index is 2.46. The Morgan fingerprint density at radius 2 is 1.28 bits per heavy atom. The predicted molar refractivity (Wildman–Crippen MR) is 117 cm³/mol. The van der Waals surface area contributed by atoms with Gasteiger partial charge >= 0.3 is 6.18 Å². The zero-order valence-electron chi connectivity index (χ0n) is 17.9. The summed E-state index contributed by atoms with van der Waals surface area (Å²) >= 11 is 11.8. The molecular weight excluding hydrogens is 422 g/mol. The van der Waals surface area contributed by atoms with Crippen molar-refractivity contribution in [1.29, 1.82) is 0 Å². The summed E-state index contributed by atoms with van der Waals surface area (Å²) in [6, 6.07) is 2.35. The second-order valence-corrected chi connectivity index (χ2v) is 9.83. The van der Waals surface area contributed by atoms with Crippen molar-refractivity contribution in [1.82, 2.24) is 0 Å². The topological polar surface area (TPSA) is 35.2 Å². The number of anilines is 1. The Labute approximate surface area is 183 Å². The molecule has 0 aliphatic heterocycles. The maximum Gasteiger partial charge on any atom is 0.421 e. The van der Waals surface area contributed by atoms with Crippen LogP contribution in [0, 0.1) is 5.41 Å². The summed E-state index contributed by atoms with van der Waals surface area (Å²) in [5, 5.41) is -0.0314. The maximum absolute atomic E-state index is 13.7. The number of alkyl halides is 3. The lowest BCUT2D eigenvalue weighted by Gasteiger charge is -2.33. The van der Waals surface area contributed by atoms with Gasteiger partial charge in [0.1, 0.15) is 0 Å². The number of nitrogens with two attached hydrogens (primary N) is 1. The first-order valence-corrected chi connectivity index (χ1v) is 11.0. The molecule has 0 spiro atoms. The minimum Gasteiger partial charge on any atom is -0.396 e. The van der Waals surface area contributed by atoms with Gasteiger partial charge in [-0.05, 0) is 42.9 Å². The van der Waals surface area contributed by atoms with Crippen molar-refractivity contribution in [2.24, 2.45) is 5.41 Å². The summed E-state index contributed by atoms with van der Waals surface area (Å²) in [7, 11) is 0. The fraction of sp³-hybridized carbons (Fsp3) is 0.727. The Morgan fingerprint density at radius 3 is 1.72 bits per heavy atom. The van der Waals surface area contributed by atoms with E-state index in [1.54, 1.807) is 0 Å². The van der Waals surface area contributed by atoms with Gasteiger partial charge in [0.25, 0.3) is 0 Å². The van der Waals surface area contributed by atoms with E-state index in [4.69, 9.17) is 33.7 Å². The predicted octanol–water partition coefficient (Wildman–Crippen LogP) is 8.54. The molecule has 1 aromatic carbocycles.